The number of hydrogen-bond acceptors (Lipinski definition) is 6. The van der Waals surface area contributed by atoms with Gasteiger partial charge in [-0.25, -0.2) is 8.42 Å². The van der Waals surface area contributed by atoms with Gasteiger partial charge in [-0.1, -0.05) is 0 Å². The van der Waals surface area contributed by atoms with Crippen molar-refractivity contribution in [2.24, 2.45) is 0 Å². The summed E-state index contributed by atoms with van der Waals surface area (Å²) >= 11 is 0. The molecule has 3 heterocycles. The molecule has 2 aromatic rings. The van der Waals surface area contributed by atoms with Gasteiger partial charge < -0.3 is 18.8 Å². The zero-order valence-corrected chi connectivity index (χ0v) is 16.6. The molecular formula is C20H22N2O6S. The monoisotopic (exact) mass is 418 g/mol. The molecule has 8 nitrogen and oxygen atoms in total. The maximum atomic E-state index is 13.0. The van der Waals surface area contributed by atoms with E-state index in [4.69, 9.17) is 13.9 Å². The van der Waals surface area contributed by atoms with Gasteiger partial charge in [-0.3, -0.25) is 4.79 Å². The van der Waals surface area contributed by atoms with Crippen molar-refractivity contribution in [3.63, 3.8) is 0 Å². The lowest BCUT2D eigenvalue weighted by Crippen LogP contribution is -2.50. The summed E-state index contributed by atoms with van der Waals surface area (Å²) in [5.41, 5.74) is 0. The predicted molar refractivity (Wildman–Crippen MR) is 105 cm³/mol. The van der Waals surface area contributed by atoms with Gasteiger partial charge in [-0.2, -0.15) is 4.31 Å². The van der Waals surface area contributed by atoms with Gasteiger partial charge in [0, 0.05) is 44.7 Å². The number of piperazine rings is 1. The third-order valence-corrected chi connectivity index (χ3v) is 6.74. The fourth-order valence-electron chi connectivity index (χ4n) is 3.25. The van der Waals surface area contributed by atoms with E-state index in [9.17, 15) is 13.2 Å². The molecule has 2 aliphatic rings. The number of nitrogens with zero attached hydrogens (tertiary/aromatic N) is 2. The summed E-state index contributed by atoms with van der Waals surface area (Å²) in [5.74, 6) is 1.42. The summed E-state index contributed by atoms with van der Waals surface area (Å²) in [5, 5.41) is 0. The molecule has 1 fully saturated rings. The number of benzene rings is 1. The lowest BCUT2D eigenvalue weighted by molar-refractivity contribution is -0.127. The van der Waals surface area contributed by atoms with E-state index >= 15 is 0 Å². The first-order valence-corrected chi connectivity index (χ1v) is 10.9. The number of amides is 1. The van der Waals surface area contributed by atoms with Gasteiger partial charge >= 0.3 is 0 Å². The number of ether oxygens (including phenoxy) is 2. The van der Waals surface area contributed by atoms with Crippen LogP contribution in [0.1, 0.15) is 12.2 Å². The average molecular weight is 418 g/mol. The van der Waals surface area contributed by atoms with Crippen LogP contribution in [0.5, 0.6) is 11.5 Å². The minimum atomic E-state index is -3.68. The van der Waals surface area contributed by atoms with Crippen LogP contribution >= 0.6 is 0 Å². The Kier molecular flexibility index (Phi) is 5.59. The molecule has 2 aliphatic heterocycles. The fraction of sp³-hybridized carbons (Fsp3) is 0.350. The smallest absolute Gasteiger partial charge is 0.246 e. The molecule has 1 amide bonds. The molecule has 0 spiro atoms. The van der Waals surface area contributed by atoms with Crippen molar-refractivity contribution < 1.29 is 27.1 Å². The lowest BCUT2D eigenvalue weighted by Gasteiger charge is -2.33. The van der Waals surface area contributed by atoms with Crippen molar-refractivity contribution in [2.45, 2.75) is 11.3 Å². The van der Waals surface area contributed by atoms with Crippen molar-refractivity contribution >= 4 is 22.0 Å². The number of rotatable bonds is 4. The first kappa shape index (κ1) is 19.5. The maximum Gasteiger partial charge on any atom is 0.246 e. The Hall–Kier alpha value is -2.78. The number of fused-ring (bicyclic) bond motifs is 1. The second-order valence-corrected chi connectivity index (χ2v) is 8.68. The van der Waals surface area contributed by atoms with Crippen LogP contribution in [-0.2, 0) is 14.8 Å². The van der Waals surface area contributed by atoms with Gasteiger partial charge in [-0.15, -0.1) is 0 Å². The summed E-state index contributed by atoms with van der Waals surface area (Å²) < 4.78 is 43.8. The molecule has 1 aromatic heterocycles. The van der Waals surface area contributed by atoms with Gasteiger partial charge in [0.2, 0.25) is 15.9 Å². The van der Waals surface area contributed by atoms with E-state index in [0.717, 1.165) is 6.42 Å². The predicted octanol–water partition coefficient (Wildman–Crippen LogP) is 1.99. The van der Waals surface area contributed by atoms with Gasteiger partial charge in [0.05, 0.1) is 24.4 Å². The molecule has 154 valence electrons. The van der Waals surface area contributed by atoms with Crippen molar-refractivity contribution in [3.8, 4) is 11.5 Å². The highest BCUT2D eigenvalue weighted by Gasteiger charge is 2.30. The molecule has 1 aromatic carbocycles. The second-order valence-electron chi connectivity index (χ2n) is 6.74. The Morgan fingerprint density at radius 3 is 2.48 bits per heavy atom. The summed E-state index contributed by atoms with van der Waals surface area (Å²) in [6.07, 6.45) is 5.32. The lowest BCUT2D eigenvalue weighted by atomic mass is 10.3. The van der Waals surface area contributed by atoms with Crippen molar-refractivity contribution in [2.75, 3.05) is 39.4 Å². The van der Waals surface area contributed by atoms with E-state index in [1.54, 1.807) is 29.2 Å². The molecular weight excluding hydrogens is 396 g/mol. The maximum absolute atomic E-state index is 13.0. The molecule has 9 heteroatoms. The molecule has 29 heavy (non-hydrogen) atoms. The molecule has 0 atom stereocenters. The summed E-state index contributed by atoms with van der Waals surface area (Å²) in [6.45, 7) is 2.15. The first-order chi connectivity index (χ1) is 14.0. The van der Waals surface area contributed by atoms with E-state index in [-0.39, 0.29) is 23.9 Å². The van der Waals surface area contributed by atoms with E-state index < -0.39 is 10.0 Å². The topological polar surface area (TPSA) is 89.3 Å². The number of carbonyl (C=O) groups excluding carboxylic acids is 1. The van der Waals surface area contributed by atoms with E-state index in [2.05, 4.69) is 0 Å². The minimum absolute atomic E-state index is 0.166. The molecule has 0 bridgehead atoms. The van der Waals surface area contributed by atoms with E-state index in [1.165, 1.54) is 28.8 Å². The number of sulfonamides is 1. The van der Waals surface area contributed by atoms with Gasteiger partial charge in [0.1, 0.15) is 5.76 Å². The molecule has 1 saturated heterocycles. The Morgan fingerprint density at radius 2 is 1.76 bits per heavy atom. The average Bonchev–Trinajstić information content (AvgIpc) is 3.15. The molecule has 0 radical (unpaired) electrons. The minimum Gasteiger partial charge on any atom is -0.490 e. The highest BCUT2D eigenvalue weighted by Crippen LogP contribution is 2.33. The van der Waals surface area contributed by atoms with Crippen molar-refractivity contribution in [1.29, 1.82) is 0 Å². The molecule has 0 unspecified atom stereocenters. The van der Waals surface area contributed by atoms with Crippen LogP contribution in [0, 0.1) is 0 Å². The highest BCUT2D eigenvalue weighted by molar-refractivity contribution is 7.89. The third-order valence-electron chi connectivity index (χ3n) is 4.84. The van der Waals surface area contributed by atoms with E-state index in [0.29, 0.717) is 43.6 Å². The van der Waals surface area contributed by atoms with Crippen LogP contribution < -0.4 is 9.47 Å². The Bertz CT molecular complexity index is 992. The fourth-order valence-corrected chi connectivity index (χ4v) is 4.69. The number of furan rings is 1. The molecule has 0 saturated carbocycles. The normalized spacial score (nSPS) is 18.0. The summed E-state index contributed by atoms with van der Waals surface area (Å²) in [4.78, 5) is 14.1. The Morgan fingerprint density at radius 1 is 1.00 bits per heavy atom. The SMILES string of the molecule is O=C(/C=C/c1ccco1)N1CCN(S(=O)(=O)c2ccc3c(c2)OCCCO3)CC1. The van der Waals surface area contributed by atoms with Crippen molar-refractivity contribution in [1.82, 2.24) is 9.21 Å². The summed E-state index contributed by atoms with van der Waals surface area (Å²) in [6, 6.07) is 8.18. The van der Waals surface area contributed by atoms with Crippen molar-refractivity contribution in [3.05, 3.63) is 48.4 Å². The standard InChI is InChI=1S/C20H22N2O6S/c23-20(7-4-16-3-1-12-26-16)21-8-10-22(11-9-21)29(24,25)17-5-6-18-19(15-17)28-14-2-13-27-18/h1,3-7,12,15H,2,8-11,13-14H2/b7-4+. The Balaban J connectivity index is 1.41. The van der Waals surface area contributed by atoms with Crippen LogP contribution in [0.4, 0.5) is 0 Å². The van der Waals surface area contributed by atoms with Gasteiger partial charge in [0.25, 0.3) is 0 Å². The van der Waals surface area contributed by atoms with Gasteiger partial charge in [-0.05, 0) is 30.3 Å². The molecule has 4 rings (SSSR count). The first-order valence-electron chi connectivity index (χ1n) is 9.44. The van der Waals surface area contributed by atoms with Crippen LogP contribution in [0.25, 0.3) is 6.08 Å². The van der Waals surface area contributed by atoms with Gasteiger partial charge in [0.15, 0.2) is 11.5 Å². The van der Waals surface area contributed by atoms with E-state index in [1.807, 2.05) is 0 Å². The quantitative estimate of drug-likeness (QED) is 0.706. The zero-order valence-electron chi connectivity index (χ0n) is 15.8. The van der Waals surface area contributed by atoms with Crippen LogP contribution in [0.15, 0.2) is 52.0 Å². The largest absolute Gasteiger partial charge is 0.490 e. The molecule has 0 N–H and O–H groups in total. The molecule has 0 aliphatic carbocycles. The summed E-state index contributed by atoms with van der Waals surface area (Å²) in [7, 11) is -3.68. The zero-order chi connectivity index (χ0) is 20.3. The number of hydrogen-bond donors (Lipinski definition) is 0. The highest BCUT2D eigenvalue weighted by atomic mass is 32.2. The number of carbonyl (C=O) groups is 1. The van der Waals surface area contributed by atoms with Crippen LogP contribution in [0.2, 0.25) is 0 Å². The third kappa shape index (κ3) is 4.30. The van der Waals surface area contributed by atoms with Crippen LogP contribution in [0.3, 0.4) is 0 Å². The Labute approximate surface area is 169 Å². The second kappa shape index (κ2) is 8.30. The van der Waals surface area contributed by atoms with Crippen LogP contribution in [-0.4, -0.2) is 62.9 Å².